The number of aryl methyl sites for hydroxylation is 2. The van der Waals surface area contributed by atoms with Crippen LogP contribution >= 0.6 is 23.4 Å². The maximum Gasteiger partial charge on any atom is 0.446 e. The van der Waals surface area contributed by atoms with Crippen molar-refractivity contribution < 1.29 is 13.2 Å². The zero-order chi connectivity index (χ0) is 12.9. The summed E-state index contributed by atoms with van der Waals surface area (Å²) in [6, 6.07) is 5.28. The van der Waals surface area contributed by atoms with Gasteiger partial charge in [-0.05, 0) is 48.2 Å². The van der Waals surface area contributed by atoms with Gasteiger partial charge in [0.15, 0.2) is 0 Å². The molecular formula is C12H14ClF3S. The largest absolute Gasteiger partial charge is 0.446 e. The van der Waals surface area contributed by atoms with E-state index in [9.17, 15) is 13.2 Å². The molecule has 0 nitrogen and oxygen atoms in total. The molecule has 0 saturated heterocycles. The second-order valence-corrected chi connectivity index (χ2v) is 5.12. The number of benzene rings is 1. The molecule has 0 aliphatic rings. The molecule has 0 unspecified atom stereocenters. The molecule has 0 heterocycles. The molecule has 0 fully saturated rings. The van der Waals surface area contributed by atoms with Crippen molar-refractivity contribution in [2.75, 3.05) is 5.88 Å². The molecule has 0 N–H and O–H groups in total. The van der Waals surface area contributed by atoms with Gasteiger partial charge < -0.3 is 0 Å². The SMILES string of the molecule is CCc1ccc(CCCCl)c(SC(F)(F)F)c1. The molecule has 1 aromatic carbocycles. The molecule has 0 radical (unpaired) electrons. The molecule has 0 aliphatic carbocycles. The minimum Gasteiger partial charge on any atom is -0.160 e. The first-order valence-electron chi connectivity index (χ1n) is 5.39. The zero-order valence-corrected chi connectivity index (χ0v) is 11.1. The highest BCUT2D eigenvalue weighted by molar-refractivity contribution is 8.00. The molecule has 0 saturated carbocycles. The van der Waals surface area contributed by atoms with Gasteiger partial charge in [0, 0.05) is 10.8 Å². The Kier molecular flexibility index (Phi) is 5.67. The molecule has 0 amide bonds. The average molecular weight is 283 g/mol. The molecule has 0 atom stereocenters. The van der Waals surface area contributed by atoms with Gasteiger partial charge in [0.25, 0.3) is 0 Å². The first-order chi connectivity index (χ1) is 7.96. The number of rotatable bonds is 5. The summed E-state index contributed by atoms with van der Waals surface area (Å²) in [6.45, 7) is 1.93. The zero-order valence-electron chi connectivity index (χ0n) is 9.48. The van der Waals surface area contributed by atoms with Crippen LogP contribution in [0, 0.1) is 0 Å². The van der Waals surface area contributed by atoms with E-state index in [0.29, 0.717) is 23.6 Å². The maximum atomic E-state index is 12.4. The summed E-state index contributed by atoms with van der Waals surface area (Å²) >= 11 is 5.53. The van der Waals surface area contributed by atoms with Crippen LogP contribution in [-0.4, -0.2) is 11.4 Å². The third-order valence-electron chi connectivity index (χ3n) is 2.35. The second-order valence-electron chi connectivity index (χ2n) is 3.64. The average Bonchev–Trinajstić information content (AvgIpc) is 2.25. The Morgan fingerprint density at radius 1 is 1.29 bits per heavy atom. The molecule has 0 spiro atoms. The van der Waals surface area contributed by atoms with Crippen molar-refractivity contribution in [3.05, 3.63) is 29.3 Å². The van der Waals surface area contributed by atoms with Gasteiger partial charge in [0.05, 0.1) is 0 Å². The maximum absolute atomic E-state index is 12.4. The van der Waals surface area contributed by atoms with Gasteiger partial charge >= 0.3 is 5.51 Å². The Hall–Kier alpha value is -0.350. The molecule has 5 heteroatoms. The van der Waals surface area contributed by atoms with Gasteiger partial charge in [0.1, 0.15) is 0 Å². The fourth-order valence-electron chi connectivity index (χ4n) is 1.50. The van der Waals surface area contributed by atoms with E-state index in [1.54, 1.807) is 12.1 Å². The van der Waals surface area contributed by atoms with Crippen molar-refractivity contribution in [3.63, 3.8) is 0 Å². The van der Waals surface area contributed by atoms with E-state index in [4.69, 9.17) is 11.6 Å². The lowest BCUT2D eigenvalue weighted by Gasteiger charge is -2.12. The number of thioether (sulfide) groups is 1. The van der Waals surface area contributed by atoms with Gasteiger partial charge in [0.2, 0.25) is 0 Å². The molecule has 0 aliphatic heterocycles. The van der Waals surface area contributed by atoms with Crippen LogP contribution in [0.1, 0.15) is 24.5 Å². The molecular weight excluding hydrogens is 269 g/mol. The predicted molar refractivity (Wildman–Crippen MR) is 66.8 cm³/mol. The van der Waals surface area contributed by atoms with Gasteiger partial charge in [-0.25, -0.2) is 0 Å². The summed E-state index contributed by atoms with van der Waals surface area (Å²) in [6.07, 6.45) is 2.02. The first kappa shape index (κ1) is 14.7. The lowest BCUT2D eigenvalue weighted by molar-refractivity contribution is -0.0328. The van der Waals surface area contributed by atoms with Crippen LogP contribution in [0.5, 0.6) is 0 Å². The summed E-state index contributed by atoms with van der Waals surface area (Å²) in [5, 5.41) is 0. The van der Waals surface area contributed by atoms with E-state index < -0.39 is 5.51 Å². The van der Waals surface area contributed by atoms with Crippen molar-refractivity contribution in [3.8, 4) is 0 Å². The van der Waals surface area contributed by atoms with E-state index in [2.05, 4.69) is 0 Å². The lowest BCUT2D eigenvalue weighted by atomic mass is 10.1. The van der Waals surface area contributed by atoms with E-state index in [0.717, 1.165) is 17.5 Å². The van der Waals surface area contributed by atoms with E-state index in [1.165, 1.54) is 0 Å². The van der Waals surface area contributed by atoms with Crippen molar-refractivity contribution in [2.45, 2.75) is 36.6 Å². The Labute approximate surface area is 109 Å². The summed E-state index contributed by atoms with van der Waals surface area (Å²) in [7, 11) is 0. The summed E-state index contributed by atoms with van der Waals surface area (Å²) in [4.78, 5) is 0.307. The molecule has 0 bridgehead atoms. The second kappa shape index (κ2) is 6.55. The van der Waals surface area contributed by atoms with Crippen molar-refractivity contribution >= 4 is 23.4 Å². The van der Waals surface area contributed by atoms with Gasteiger partial charge in [-0.1, -0.05) is 19.1 Å². The summed E-state index contributed by atoms with van der Waals surface area (Å²) < 4.78 is 37.2. The molecule has 1 aromatic rings. The van der Waals surface area contributed by atoms with Gasteiger partial charge in [-0.3, -0.25) is 0 Å². The highest BCUT2D eigenvalue weighted by Crippen LogP contribution is 2.39. The normalized spacial score (nSPS) is 11.8. The van der Waals surface area contributed by atoms with Crippen LogP contribution in [0.2, 0.25) is 0 Å². The van der Waals surface area contributed by atoms with E-state index in [-0.39, 0.29) is 11.8 Å². The summed E-state index contributed by atoms with van der Waals surface area (Å²) in [5.41, 5.74) is -2.58. The standard InChI is InChI=1S/C12H14ClF3S/c1-2-9-5-6-10(4-3-7-13)11(8-9)17-12(14,15)16/h5-6,8H,2-4,7H2,1H3. The van der Waals surface area contributed by atoms with Gasteiger partial charge in [-0.15, -0.1) is 11.6 Å². The number of halogens is 4. The quantitative estimate of drug-likeness (QED) is 0.539. The summed E-state index contributed by atoms with van der Waals surface area (Å²) in [5.74, 6) is 0.464. The van der Waals surface area contributed by atoms with Crippen molar-refractivity contribution in [1.82, 2.24) is 0 Å². The van der Waals surface area contributed by atoms with Crippen LogP contribution in [0.4, 0.5) is 13.2 Å². The van der Waals surface area contributed by atoms with Crippen LogP contribution in [0.25, 0.3) is 0 Å². The fraction of sp³-hybridized carbons (Fsp3) is 0.500. The van der Waals surface area contributed by atoms with Crippen LogP contribution in [-0.2, 0) is 12.8 Å². The first-order valence-corrected chi connectivity index (χ1v) is 6.75. The molecule has 0 aromatic heterocycles. The smallest absolute Gasteiger partial charge is 0.160 e. The third-order valence-corrected chi connectivity index (χ3v) is 3.44. The topological polar surface area (TPSA) is 0 Å². The molecule has 1 rings (SSSR count). The minimum atomic E-state index is -4.23. The Morgan fingerprint density at radius 3 is 2.53 bits per heavy atom. The lowest BCUT2D eigenvalue weighted by Crippen LogP contribution is -2.02. The Morgan fingerprint density at radius 2 is 2.00 bits per heavy atom. The van der Waals surface area contributed by atoms with Crippen molar-refractivity contribution in [1.29, 1.82) is 0 Å². The third kappa shape index (κ3) is 5.21. The molecule has 17 heavy (non-hydrogen) atoms. The van der Waals surface area contributed by atoms with E-state index in [1.807, 2.05) is 13.0 Å². The fourth-order valence-corrected chi connectivity index (χ4v) is 2.40. The predicted octanol–water partition coefficient (Wildman–Crippen LogP) is 5.03. The van der Waals surface area contributed by atoms with Crippen LogP contribution < -0.4 is 0 Å². The van der Waals surface area contributed by atoms with Crippen LogP contribution in [0.3, 0.4) is 0 Å². The highest BCUT2D eigenvalue weighted by atomic mass is 35.5. The van der Waals surface area contributed by atoms with Gasteiger partial charge in [-0.2, -0.15) is 13.2 Å². The Balaban J connectivity index is 2.94. The monoisotopic (exact) mass is 282 g/mol. The Bertz CT molecular complexity index is 363. The number of alkyl halides is 4. The number of hydrogen-bond donors (Lipinski definition) is 0. The van der Waals surface area contributed by atoms with E-state index >= 15 is 0 Å². The molecule has 96 valence electrons. The highest BCUT2D eigenvalue weighted by Gasteiger charge is 2.30. The van der Waals surface area contributed by atoms with Crippen LogP contribution in [0.15, 0.2) is 23.1 Å². The number of hydrogen-bond acceptors (Lipinski definition) is 1. The van der Waals surface area contributed by atoms with Crippen molar-refractivity contribution in [2.24, 2.45) is 0 Å². The minimum absolute atomic E-state index is 0.0357.